The zero-order valence-electron chi connectivity index (χ0n) is 12.6. The Balaban J connectivity index is 1.65. The maximum absolute atomic E-state index is 12.4. The maximum atomic E-state index is 12.4. The molecule has 0 radical (unpaired) electrons. The lowest BCUT2D eigenvalue weighted by Crippen LogP contribution is -2.44. The fraction of sp³-hybridized carbons (Fsp3) is 0.278. The lowest BCUT2D eigenvalue weighted by molar-refractivity contribution is -0.121. The molecule has 0 spiro atoms. The highest BCUT2D eigenvalue weighted by Crippen LogP contribution is 2.21. The minimum atomic E-state index is -0.163. The van der Waals surface area contributed by atoms with Gasteiger partial charge in [0, 0.05) is 23.8 Å². The van der Waals surface area contributed by atoms with Gasteiger partial charge >= 0.3 is 0 Å². The molecule has 0 aliphatic carbocycles. The van der Waals surface area contributed by atoms with Crippen LogP contribution < -0.4 is 5.32 Å². The van der Waals surface area contributed by atoms with E-state index in [2.05, 4.69) is 34.5 Å². The second-order valence-corrected chi connectivity index (χ2v) is 6.10. The minimum absolute atomic E-state index is 0.0155. The third kappa shape index (κ3) is 3.32. The molecule has 1 atom stereocenters. The van der Waals surface area contributed by atoms with Crippen molar-refractivity contribution in [2.24, 2.45) is 0 Å². The molecule has 2 aromatic rings. The van der Waals surface area contributed by atoms with Crippen LogP contribution in [0, 0.1) is 0 Å². The number of nitrogens with one attached hydrogen (secondary N) is 1. The molecule has 0 saturated heterocycles. The van der Waals surface area contributed by atoms with Crippen LogP contribution in [0.15, 0.2) is 48.5 Å². The number of halogens is 1. The lowest BCUT2D eigenvalue weighted by atomic mass is 9.99. The quantitative estimate of drug-likeness (QED) is 0.936. The van der Waals surface area contributed by atoms with E-state index in [9.17, 15) is 4.79 Å². The largest absolute Gasteiger partial charge is 0.325 e. The van der Waals surface area contributed by atoms with Gasteiger partial charge in [0.15, 0.2) is 0 Å². The van der Waals surface area contributed by atoms with Crippen LogP contribution in [0.1, 0.15) is 18.1 Å². The zero-order valence-corrected chi connectivity index (χ0v) is 13.3. The molecule has 1 aliphatic heterocycles. The van der Waals surface area contributed by atoms with E-state index in [4.69, 9.17) is 11.6 Å². The molecule has 4 heteroatoms. The van der Waals surface area contributed by atoms with Gasteiger partial charge in [-0.1, -0.05) is 35.9 Å². The predicted molar refractivity (Wildman–Crippen MR) is 90.1 cm³/mol. The molecule has 3 rings (SSSR count). The Morgan fingerprint density at radius 1 is 1.14 bits per heavy atom. The summed E-state index contributed by atoms with van der Waals surface area (Å²) in [4.78, 5) is 14.6. The number of carbonyl (C=O) groups is 1. The topological polar surface area (TPSA) is 32.3 Å². The average molecular weight is 315 g/mol. The van der Waals surface area contributed by atoms with Crippen molar-refractivity contribution in [1.29, 1.82) is 0 Å². The van der Waals surface area contributed by atoms with Crippen molar-refractivity contribution in [3.05, 3.63) is 64.7 Å². The summed E-state index contributed by atoms with van der Waals surface area (Å²) in [5, 5.41) is 3.62. The number of hydrogen-bond donors (Lipinski definition) is 1. The summed E-state index contributed by atoms with van der Waals surface area (Å²) in [6.45, 7) is 3.69. The number of carbonyl (C=O) groups excluding carboxylic acids is 1. The van der Waals surface area contributed by atoms with Crippen LogP contribution in [0.5, 0.6) is 0 Å². The second kappa shape index (κ2) is 6.51. The second-order valence-electron chi connectivity index (χ2n) is 5.66. The highest BCUT2D eigenvalue weighted by molar-refractivity contribution is 6.30. The first kappa shape index (κ1) is 15.1. The van der Waals surface area contributed by atoms with Crippen LogP contribution in [0.4, 0.5) is 5.69 Å². The van der Waals surface area contributed by atoms with Gasteiger partial charge in [-0.2, -0.15) is 0 Å². The molecule has 114 valence electrons. The number of rotatable bonds is 3. The van der Waals surface area contributed by atoms with E-state index in [1.165, 1.54) is 11.1 Å². The van der Waals surface area contributed by atoms with Gasteiger partial charge in [-0.15, -0.1) is 0 Å². The third-order valence-corrected chi connectivity index (χ3v) is 4.45. The number of anilines is 1. The summed E-state index contributed by atoms with van der Waals surface area (Å²) in [7, 11) is 0. The Kier molecular flexibility index (Phi) is 4.46. The Labute approximate surface area is 135 Å². The van der Waals surface area contributed by atoms with E-state index >= 15 is 0 Å². The van der Waals surface area contributed by atoms with E-state index in [1.54, 1.807) is 12.1 Å². The van der Waals surface area contributed by atoms with E-state index < -0.39 is 0 Å². The summed E-state index contributed by atoms with van der Waals surface area (Å²) in [6, 6.07) is 15.5. The van der Waals surface area contributed by atoms with Gasteiger partial charge in [-0.3, -0.25) is 9.69 Å². The molecule has 3 nitrogen and oxygen atoms in total. The van der Waals surface area contributed by atoms with Crippen LogP contribution in [-0.4, -0.2) is 23.4 Å². The molecule has 0 saturated carbocycles. The number of fused-ring (bicyclic) bond motifs is 1. The number of nitrogens with zero attached hydrogens (tertiary/aromatic N) is 1. The summed E-state index contributed by atoms with van der Waals surface area (Å²) in [6.07, 6.45) is 0.995. The highest BCUT2D eigenvalue weighted by atomic mass is 35.5. The zero-order chi connectivity index (χ0) is 15.5. The Hall–Kier alpha value is -1.84. The first-order valence-corrected chi connectivity index (χ1v) is 7.88. The minimum Gasteiger partial charge on any atom is -0.325 e. The Morgan fingerprint density at radius 3 is 2.55 bits per heavy atom. The molecule has 0 aromatic heterocycles. The highest BCUT2D eigenvalue weighted by Gasteiger charge is 2.25. The molecule has 22 heavy (non-hydrogen) atoms. The maximum Gasteiger partial charge on any atom is 0.241 e. The molecule has 1 amide bonds. The molecule has 1 heterocycles. The van der Waals surface area contributed by atoms with Crippen molar-refractivity contribution < 1.29 is 4.79 Å². The predicted octanol–water partition coefficient (Wildman–Crippen LogP) is 3.73. The fourth-order valence-electron chi connectivity index (χ4n) is 2.79. The summed E-state index contributed by atoms with van der Waals surface area (Å²) in [5.74, 6) is 0.0155. The van der Waals surface area contributed by atoms with Crippen LogP contribution in [0.3, 0.4) is 0 Å². The standard InChI is InChI=1S/C18H19ClN2O/c1-13(18(22)20-17-8-6-16(19)7-9-17)21-11-10-14-4-2-3-5-15(14)12-21/h2-9,13H,10-12H2,1H3,(H,20,22)/t13-/m0/s1. The van der Waals surface area contributed by atoms with E-state index in [-0.39, 0.29) is 11.9 Å². The first-order valence-electron chi connectivity index (χ1n) is 7.51. The average Bonchev–Trinajstić information content (AvgIpc) is 2.55. The van der Waals surface area contributed by atoms with Gasteiger partial charge in [0.25, 0.3) is 0 Å². The summed E-state index contributed by atoms with van der Waals surface area (Å²) in [5.41, 5.74) is 3.49. The molecule has 0 unspecified atom stereocenters. The first-order chi connectivity index (χ1) is 10.6. The number of hydrogen-bond acceptors (Lipinski definition) is 2. The molecule has 2 aromatic carbocycles. The molecule has 1 N–H and O–H groups in total. The number of benzene rings is 2. The Bertz CT molecular complexity index is 669. The fourth-order valence-corrected chi connectivity index (χ4v) is 2.92. The summed E-state index contributed by atoms with van der Waals surface area (Å²) >= 11 is 5.86. The van der Waals surface area contributed by atoms with Gasteiger partial charge in [0.1, 0.15) is 0 Å². The van der Waals surface area contributed by atoms with Crippen molar-refractivity contribution in [2.45, 2.75) is 25.9 Å². The van der Waals surface area contributed by atoms with Crippen molar-refractivity contribution in [2.75, 3.05) is 11.9 Å². The monoisotopic (exact) mass is 314 g/mol. The van der Waals surface area contributed by atoms with Crippen molar-refractivity contribution >= 4 is 23.2 Å². The van der Waals surface area contributed by atoms with Crippen LogP contribution in [0.2, 0.25) is 5.02 Å². The normalized spacial score (nSPS) is 15.9. The Morgan fingerprint density at radius 2 is 1.82 bits per heavy atom. The SMILES string of the molecule is C[C@@H](C(=O)Nc1ccc(Cl)cc1)N1CCc2ccccc2C1. The van der Waals surface area contributed by atoms with Crippen LogP contribution in [-0.2, 0) is 17.8 Å². The molecule has 0 bridgehead atoms. The van der Waals surface area contributed by atoms with Gasteiger partial charge < -0.3 is 5.32 Å². The molecular formula is C18H19ClN2O. The van der Waals surface area contributed by atoms with Gasteiger partial charge in [-0.25, -0.2) is 0 Å². The van der Waals surface area contributed by atoms with Crippen molar-refractivity contribution in [1.82, 2.24) is 4.90 Å². The molecule has 1 aliphatic rings. The van der Waals surface area contributed by atoms with Crippen molar-refractivity contribution in [3.8, 4) is 0 Å². The van der Waals surface area contributed by atoms with Crippen LogP contribution in [0.25, 0.3) is 0 Å². The van der Waals surface area contributed by atoms with Crippen LogP contribution >= 0.6 is 11.6 Å². The van der Waals surface area contributed by atoms with Crippen molar-refractivity contribution in [3.63, 3.8) is 0 Å². The van der Waals surface area contributed by atoms with E-state index in [0.29, 0.717) is 5.02 Å². The third-order valence-electron chi connectivity index (χ3n) is 4.20. The van der Waals surface area contributed by atoms with E-state index in [0.717, 1.165) is 25.2 Å². The smallest absolute Gasteiger partial charge is 0.241 e. The molecular weight excluding hydrogens is 296 g/mol. The lowest BCUT2D eigenvalue weighted by Gasteiger charge is -2.32. The van der Waals surface area contributed by atoms with E-state index in [1.807, 2.05) is 19.1 Å². The summed E-state index contributed by atoms with van der Waals surface area (Å²) < 4.78 is 0. The van der Waals surface area contributed by atoms with Gasteiger partial charge in [0.2, 0.25) is 5.91 Å². The molecule has 0 fully saturated rings. The number of amides is 1. The van der Waals surface area contributed by atoms with Gasteiger partial charge in [-0.05, 0) is 48.7 Å². The van der Waals surface area contributed by atoms with Gasteiger partial charge in [0.05, 0.1) is 6.04 Å².